The number of rotatable bonds is 7. The van der Waals surface area contributed by atoms with Gasteiger partial charge in [-0.3, -0.25) is 5.21 Å². The SMILES string of the molecule is CCC(N=NCCc1cccc[n+]1O)=NN=c1ccccn1CCO. The fourth-order valence-electron chi connectivity index (χ4n) is 2.09. The minimum Gasteiger partial charge on any atom is -0.395 e. The van der Waals surface area contributed by atoms with Crippen molar-refractivity contribution in [2.75, 3.05) is 13.2 Å². The molecule has 2 heterocycles. The summed E-state index contributed by atoms with van der Waals surface area (Å²) >= 11 is 0. The molecule has 0 atom stereocenters. The standard InChI is InChI=1S/C17H23N6O2/c1-2-16(19-18-10-9-15-7-3-6-12-23(15)25)20-21-17-8-4-5-11-22(17)13-14-24/h3-8,11-12,24-25H,2,9-10,13-14H2,1H3/q+1. The van der Waals surface area contributed by atoms with Crippen LogP contribution in [0.4, 0.5) is 0 Å². The van der Waals surface area contributed by atoms with Gasteiger partial charge in [-0.05, 0) is 18.2 Å². The predicted molar refractivity (Wildman–Crippen MR) is 92.1 cm³/mol. The summed E-state index contributed by atoms with van der Waals surface area (Å²) in [5.74, 6) is 0.518. The average molecular weight is 343 g/mol. The third-order valence-corrected chi connectivity index (χ3v) is 3.42. The van der Waals surface area contributed by atoms with E-state index in [-0.39, 0.29) is 6.61 Å². The summed E-state index contributed by atoms with van der Waals surface area (Å²) in [6, 6.07) is 11.0. The predicted octanol–water partition coefficient (Wildman–Crippen LogP) is 1.32. The van der Waals surface area contributed by atoms with Crippen LogP contribution in [0.1, 0.15) is 19.0 Å². The molecule has 0 unspecified atom stereocenters. The largest absolute Gasteiger partial charge is 0.395 e. The molecule has 0 saturated heterocycles. The molecule has 2 aromatic heterocycles. The molecular formula is C17H23N6O2+. The van der Waals surface area contributed by atoms with Crippen LogP contribution < -0.4 is 10.2 Å². The Balaban J connectivity index is 2.03. The molecule has 0 fully saturated rings. The van der Waals surface area contributed by atoms with Crippen LogP contribution >= 0.6 is 0 Å². The summed E-state index contributed by atoms with van der Waals surface area (Å²) in [4.78, 5) is 0. The fourth-order valence-corrected chi connectivity index (χ4v) is 2.09. The maximum Gasteiger partial charge on any atom is 0.236 e. The van der Waals surface area contributed by atoms with E-state index in [9.17, 15) is 5.21 Å². The Morgan fingerprint density at radius 2 is 2.04 bits per heavy atom. The molecule has 2 rings (SSSR count). The van der Waals surface area contributed by atoms with Crippen molar-refractivity contribution in [3.05, 3.63) is 60.0 Å². The summed E-state index contributed by atoms with van der Waals surface area (Å²) in [6.07, 6.45) is 4.59. The van der Waals surface area contributed by atoms with Gasteiger partial charge in [-0.1, -0.05) is 13.0 Å². The lowest BCUT2D eigenvalue weighted by Crippen LogP contribution is -2.34. The average Bonchev–Trinajstić information content (AvgIpc) is 2.64. The lowest BCUT2D eigenvalue weighted by Gasteiger charge is -2.02. The molecule has 25 heavy (non-hydrogen) atoms. The molecule has 0 amide bonds. The van der Waals surface area contributed by atoms with Crippen molar-refractivity contribution >= 4 is 5.84 Å². The van der Waals surface area contributed by atoms with Crippen LogP contribution in [-0.2, 0) is 13.0 Å². The summed E-state index contributed by atoms with van der Waals surface area (Å²) in [7, 11) is 0. The van der Waals surface area contributed by atoms with Crippen LogP contribution in [0.5, 0.6) is 0 Å². The highest BCUT2D eigenvalue weighted by atomic mass is 16.5. The molecule has 0 aliphatic carbocycles. The Labute approximate surface area is 146 Å². The number of hydrogen-bond donors (Lipinski definition) is 2. The van der Waals surface area contributed by atoms with Crippen molar-refractivity contribution < 1.29 is 15.0 Å². The van der Waals surface area contributed by atoms with Gasteiger partial charge in [0.2, 0.25) is 11.9 Å². The third kappa shape index (κ3) is 5.92. The van der Waals surface area contributed by atoms with E-state index in [4.69, 9.17) is 5.11 Å². The Kier molecular flexibility index (Phi) is 7.45. The van der Waals surface area contributed by atoms with Gasteiger partial charge >= 0.3 is 0 Å². The normalized spacial score (nSPS) is 12.9. The molecule has 0 aliphatic heterocycles. The molecule has 0 spiro atoms. The Bertz CT molecular complexity index is 797. The lowest BCUT2D eigenvalue weighted by atomic mass is 10.3. The number of azo groups is 1. The highest BCUT2D eigenvalue weighted by molar-refractivity contribution is 5.81. The maximum atomic E-state index is 9.63. The highest BCUT2D eigenvalue weighted by Crippen LogP contribution is 1.95. The Morgan fingerprint density at radius 3 is 2.80 bits per heavy atom. The van der Waals surface area contributed by atoms with E-state index < -0.39 is 0 Å². The molecule has 0 bridgehead atoms. The van der Waals surface area contributed by atoms with Crippen molar-refractivity contribution in [1.82, 2.24) is 4.57 Å². The summed E-state index contributed by atoms with van der Waals surface area (Å²) in [5.41, 5.74) is 1.40. The van der Waals surface area contributed by atoms with Crippen LogP contribution in [0.2, 0.25) is 0 Å². The van der Waals surface area contributed by atoms with Crippen LogP contribution in [0.15, 0.2) is 69.2 Å². The number of nitrogens with zero attached hydrogens (tertiary/aromatic N) is 6. The van der Waals surface area contributed by atoms with E-state index in [1.54, 1.807) is 12.3 Å². The topological polar surface area (TPSA) is 98.7 Å². The van der Waals surface area contributed by atoms with Crippen molar-refractivity contribution in [3.63, 3.8) is 0 Å². The zero-order valence-corrected chi connectivity index (χ0v) is 14.2. The number of hydrogen-bond acceptors (Lipinski definition) is 5. The van der Waals surface area contributed by atoms with Crippen LogP contribution in [-0.4, -0.2) is 33.9 Å². The van der Waals surface area contributed by atoms with Gasteiger partial charge in [0.25, 0.3) is 0 Å². The summed E-state index contributed by atoms with van der Waals surface area (Å²) < 4.78 is 2.89. The van der Waals surface area contributed by atoms with E-state index in [0.29, 0.717) is 37.3 Å². The monoisotopic (exact) mass is 343 g/mol. The van der Waals surface area contributed by atoms with E-state index >= 15 is 0 Å². The number of pyridine rings is 2. The molecule has 0 aromatic carbocycles. The Morgan fingerprint density at radius 1 is 1.20 bits per heavy atom. The first-order valence-corrected chi connectivity index (χ1v) is 8.17. The second-order valence-electron chi connectivity index (χ2n) is 5.20. The first-order valence-electron chi connectivity index (χ1n) is 8.17. The van der Waals surface area contributed by atoms with Crippen LogP contribution in [0.25, 0.3) is 0 Å². The third-order valence-electron chi connectivity index (χ3n) is 3.42. The van der Waals surface area contributed by atoms with Crippen molar-refractivity contribution in [3.8, 4) is 0 Å². The van der Waals surface area contributed by atoms with Crippen molar-refractivity contribution in [2.24, 2.45) is 20.4 Å². The molecule has 8 nitrogen and oxygen atoms in total. The van der Waals surface area contributed by atoms with Gasteiger partial charge in [-0.25, -0.2) is 0 Å². The smallest absolute Gasteiger partial charge is 0.236 e. The van der Waals surface area contributed by atoms with Crippen LogP contribution in [0.3, 0.4) is 0 Å². The van der Waals surface area contributed by atoms with Gasteiger partial charge in [0.05, 0.1) is 19.6 Å². The summed E-state index contributed by atoms with van der Waals surface area (Å²) in [6.45, 7) is 2.86. The zero-order valence-electron chi connectivity index (χ0n) is 14.2. The van der Waals surface area contributed by atoms with Gasteiger partial charge in [0.1, 0.15) is 0 Å². The number of aliphatic hydroxyl groups excluding tert-OH is 1. The molecule has 2 N–H and O–H groups in total. The van der Waals surface area contributed by atoms with Gasteiger partial charge in [0.15, 0.2) is 11.3 Å². The molecule has 8 heteroatoms. The van der Waals surface area contributed by atoms with Gasteiger partial charge in [-0.15, -0.1) is 15.3 Å². The summed E-state index contributed by atoms with van der Waals surface area (Å²) in [5, 5.41) is 35.3. The highest BCUT2D eigenvalue weighted by Gasteiger charge is 2.06. The molecular weight excluding hydrogens is 320 g/mol. The first kappa shape index (κ1) is 18.5. The maximum absolute atomic E-state index is 9.63. The quantitative estimate of drug-likeness (QED) is 0.198. The molecule has 0 saturated carbocycles. The Hall–Kier alpha value is -2.87. The second kappa shape index (κ2) is 10.1. The second-order valence-corrected chi connectivity index (χ2v) is 5.20. The van der Waals surface area contributed by atoms with Crippen molar-refractivity contribution in [2.45, 2.75) is 26.3 Å². The molecule has 132 valence electrons. The molecule has 0 radical (unpaired) electrons. The van der Waals surface area contributed by atoms with Crippen LogP contribution in [0, 0.1) is 0 Å². The van der Waals surface area contributed by atoms with E-state index in [1.807, 2.05) is 48.0 Å². The van der Waals surface area contributed by atoms with E-state index in [1.165, 1.54) is 0 Å². The fraction of sp³-hybridized carbons (Fsp3) is 0.353. The first-order chi connectivity index (χ1) is 12.2. The number of aromatic nitrogens is 2. The molecule has 0 aliphatic rings. The van der Waals surface area contributed by atoms with E-state index in [2.05, 4.69) is 20.4 Å². The number of aliphatic hydroxyl groups is 1. The lowest BCUT2D eigenvalue weighted by molar-refractivity contribution is -0.909. The van der Waals surface area contributed by atoms with Crippen molar-refractivity contribution in [1.29, 1.82) is 0 Å². The van der Waals surface area contributed by atoms with Gasteiger partial charge < -0.3 is 9.67 Å². The van der Waals surface area contributed by atoms with E-state index in [0.717, 1.165) is 10.4 Å². The minimum absolute atomic E-state index is 0.0333. The minimum atomic E-state index is 0.0333. The number of amidine groups is 1. The molecule has 2 aromatic rings. The van der Waals surface area contributed by atoms with Gasteiger partial charge in [-0.2, -0.15) is 5.11 Å². The zero-order chi connectivity index (χ0) is 17.9. The van der Waals surface area contributed by atoms with Gasteiger partial charge in [0, 0.05) is 36.0 Å².